The van der Waals surface area contributed by atoms with Gasteiger partial charge in [-0.3, -0.25) is 4.98 Å². The summed E-state index contributed by atoms with van der Waals surface area (Å²) in [6.07, 6.45) is 3.92. The van der Waals surface area contributed by atoms with Gasteiger partial charge in [0.1, 0.15) is 0 Å². The average Bonchev–Trinajstić information content (AvgIpc) is 2.93. The lowest BCUT2D eigenvalue weighted by molar-refractivity contribution is 0.746. The highest BCUT2D eigenvalue weighted by molar-refractivity contribution is 5.82. The zero-order valence-corrected chi connectivity index (χ0v) is 10.7. The molecule has 92 valence electrons. The highest BCUT2D eigenvalue weighted by Crippen LogP contribution is 2.29. The van der Waals surface area contributed by atoms with Gasteiger partial charge in [0.2, 0.25) is 0 Å². The molecule has 1 aliphatic rings. The zero-order valence-electron chi connectivity index (χ0n) is 10.7. The molecule has 2 aromatic rings. The van der Waals surface area contributed by atoms with Crippen LogP contribution in [-0.4, -0.2) is 11.7 Å². The van der Waals surface area contributed by atoms with Gasteiger partial charge in [0.05, 0.1) is 12.2 Å². The van der Waals surface area contributed by atoms with E-state index in [1.165, 1.54) is 22.2 Å². The molecule has 1 aromatic carbocycles. The van der Waals surface area contributed by atoms with Crippen molar-refractivity contribution in [1.82, 2.24) is 15.6 Å². The number of hydrogen-bond donors (Lipinski definition) is 2. The Morgan fingerprint density at radius 3 is 2.94 bits per heavy atom. The monoisotopic (exact) mass is 239 g/mol. The third kappa shape index (κ3) is 1.72. The smallest absolute Gasteiger partial charge is 0.0843 e. The minimum Gasteiger partial charge on any atom is -0.372 e. The Labute approximate surface area is 107 Å². The minimum atomic E-state index is 0.367. The van der Waals surface area contributed by atoms with E-state index in [1.54, 1.807) is 0 Å². The van der Waals surface area contributed by atoms with Crippen LogP contribution in [0.1, 0.15) is 24.0 Å². The van der Waals surface area contributed by atoms with Gasteiger partial charge in [-0.05, 0) is 24.1 Å². The summed E-state index contributed by atoms with van der Waals surface area (Å²) >= 11 is 0. The second-order valence-corrected chi connectivity index (χ2v) is 4.73. The molecule has 0 aliphatic carbocycles. The van der Waals surface area contributed by atoms with Crippen molar-refractivity contribution in [2.75, 3.05) is 6.67 Å². The first-order valence-electron chi connectivity index (χ1n) is 6.29. The van der Waals surface area contributed by atoms with Gasteiger partial charge in [-0.25, -0.2) is 0 Å². The Balaban J connectivity index is 2.09. The van der Waals surface area contributed by atoms with Gasteiger partial charge < -0.3 is 10.6 Å². The summed E-state index contributed by atoms with van der Waals surface area (Å²) in [5.41, 5.74) is 4.96. The Kier molecular flexibility index (Phi) is 2.67. The second kappa shape index (κ2) is 4.33. The van der Waals surface area contributed by atoms with Crippen molar-refractivity contribution in [3.8, 4) is 0 Å². The number of fused-ring (bicyclic) bond motifs is 1. The molecule has 1 atom stereocenters. The van der Waals surface area contributed by atoms with Crippen molar-refractivity contribution in [2.45, 2.75) is 19.8 Å². The molecule has 1 aliphatic heterocycles. The largest absolute Gasteiger partial charge is 0.372 e. The molecule has 18 heavy (non-hydrogen) atoms. The molecule has 0 bridgehead atoms. The summed E-state index contributed by atoms with van der Waals surface area (Å²) in [6.45, 7) is 5.21. The molecule has 0 fully saturated rings. The predicted octanol–water partition coefficient (Wildman–Crippen LogP) is 2.64. The summed E-state index contributed by atoms with van der Waals surface area (Å²) < 4.78 is 0. The average molecular weight is 239 g/mol. The highest BCUT2D eigenvalue weighted by Gasteiger charge is 2.17. The first kappa shape index (κ1) is 11.1. The second-order valence-electron chi connectivity index (χ2n) is 4.73. The third-order valence-corrected chi connectivity index (χ3v) is 3.65. The Hall–Kier alpha value is -2.03. The number of benzene rings is 1. The molecule has 3 rings (SSSR count). The first-order chi connectivity index (χ1) is 8.77. The van der Waals surface area contributed by atoms with Gasteiger partial charge in [0, 0.05) is 29.4 Å². The molecule has 2 N–H and O–H groups in total. The maximum absolute atomic E-state index is 4.49. The molecule has 3 heteroatoms. The van der Waals surface area contributed by atoms with Crippen LogP contribution in [0.15, 0.2) is 42.4 Å². The van der Waals surface area contributed by atoms with Gasteiger partial charge in [-0.15, -0.1) is 0 Å². The van der Waals surface area contributed by atoms with Gasteiger partial charge in [-0.1, -0.05) is 25.1 Å². The summed E-state index contributed by atoms with van der Waals surface area (Å²) in [5, 5.41) is 7.76. The van der Waals surface area contributed by atoms with E-state index in [9.17, 15) is 0 Å². The standard InChI is InChI=1S/C15H17N3/c1-10(14-8-16-9-18-14)13-6-5-12-4-3-7-17-15(12)11(13)2/h3-8,10,16,18H,9H2,1-2H3. The van der Waals surface area contributed by atoms with E-state index < -0.39 is 0 Å². The van der Waals surface area contributed by atoms with E-state index in [0.717, 1.165) is 12.2 Å². The number of nitrogens with zero attached hydrogens (tertiary/aromatic N) is 1. The molecule has 0 saturated heterocycles. The van der Waals surface area contributed by atoms with Gasteiger partial charge in [-0.2, -0.15) is 0 Å². The molecular weight excluding hydrogens is 222 g/mol. The molecular formula is C15H17N3. The van der Waals surface area contributed by atoms with Crippen molar-refractivity contribution >= 4 is 10.9 Å². The first-order valence-corrected chi connectivity index (χ1v) is 6.29. The number of aryl methyl sites for hydroxylation is 1. The van der Waals surface area contributed by atoms with Crippen LogP contribution in [0.2, 0.25) is 0 Å². The fourth-order valence-corrected chi connectivity index (χ4v) is 2.59. The topological polar surface area (TPSA) is 37.0 Å². The normalized spacial score (nSPS) is 16.0. The maximum atomic E-state index is 4.49. The Morgan fingerprint density at radius 2 is 2.17 bits per heavy atom. The molecule has 1 aromatic heterocycles. The third-order valence-electron chi connectivity index (χ3n) is 3.65. The molecule has 0 saturated carbocycles. The number of pyridine rings is 1. The van der Waals surface area contributed by atoms with E-state index >= 15 is 0 Å². The molecule has 0 radical (unpaired) electrons. The van der Waals surface area contributed by atoms with Crippen molar-refractivity contribution in [1.29, 1.82) is 0 Å². The minimum absolute atomic E-state index is 0.367. The lowest BCUT2D eigenvalue weighted by atomic mass is 9.92. The van der Waals surface area contributed by atoms with E-state index in [2.05, 4.69) is 53.9 Å². The zero-order chi connectivity index (χ0) is 12.5. The number of nitrogens with one attached hydrogen (secondary N) is 2. The quantitative estimate of drug-likeness (QED) is 0.846. The number of hydrogen-bond acceptors (Lipinski definition) is 3. The van der Waals surface area contributed by atoms with Crippen LogP contribution in [0.4, 0.5) is 0 Å². The van der Waals surface area contributed by atoms with E-state index in [1.807, 2.05) is 12.3 Å². The lowest BCUT2D eigenvalue weighted by Crippen LogP contribution is -2.17. The number of rotatable bonds is 2. The van der Waals surface area contributed by atoms with Crippen LogP contribution in [-0.2, 0) is 0 Å². The van der Waals surface area contributed by atoms with Crippen molar-refractivity contribution < 1.29 is 0 Å². The number of aromatic nitrogens is 1. The molecule has 3 nitrogen and oxygen atoms in total. The van der Waals surface area contributed by atoms with Gasteiger partial charge >= 0.3 is 0 Å². The van der Waals surface area contributed by atoms with Gasteiger partial charge in [0.25, 0.3) is 0 Å². The van der Waals surface area contributed by atoms with E-state index in [-0.39, 0.29) is 0 Å². The van der Waals surface area contributed by atoms with E-state index in [4.69, 9.17) is 0 Å². The maximum Gasteiger partial charge on any atom is 0.0843 e. The molecule has 2 heterocycles. The van der Waals surface area contributed by atoms with Crippen LogP contribution in [0.25, 0.3) is 10.9 Å². The van der Waals surface area contributed by atoms with Crippen LogP contribution >= 0.6 is 0 Å². The summed E-state index contributed by atoms with van der Waals surface area (Å²) in [4.78, 5) is 4.49. The highest BCUT2D eigenvalue weighted by atomic mass is 15.1. The van der Waals surface area contributed by atoms with Crippen LogP contribution in [0.5, 0.6) is 0 Å². The van der Waals surface area contributed by atoms with E-state index in [0.29, 0.717) is 5.92 Å². The Morgan fingerprint density at radius 1 is 1.28 bits per heavy atom. The van der Waals surface area contributed by atoms with Crippen molar-refractivity contribution in [2.24, 2.45) is 0 Å². The Bertz CT molecular complexity index is 616. The fraction of sp³-hybridized carbons (Fsp3) is 0.267. The predicted molar refractivity (Wildman–Crippen MR) is 74.1 cm³/mol. The van der Waals surface area contributed by atoms with Gasteiger partial charge in [0.15, 0.2) is 0 Å². The van der Waals surface area contributed by atoms with Crippen LogP contribution in [0.3, 0.4) is 0 Å². The van der Waals surface area contributed by atoms with Crippen LogP contribution < -0.4 is 10.6 Å². The molecule has 0 amide bonds. The molecule has 0 spiro atoms. The summed E-state index contributed by atoms with van der Waals surface area (Å²) in [6, 6.07) is 8.46. The fourth-order valence-electron chi connectivity index (χ4n) is 2.59. The SMILES string of the molecule is Cc1c(C(C)C2=CNCN2)ccc2cccnc12. The number of allylic oxidation sites excluding steroid dienone is 1. The summed E-state index contributed by atoms with van der Waals surface area (Å²) in [7, 11) is 0. The lowest BCUT2D eigenvalue weighted by Gasteiger charge is -2.17. The summed E-state index contributed by atoms with van der Waals surface area (Å²) in [5.74, 6) is 0.367. The van der Waals surface area contributed by atoms with Crippen molar-refractivity contribution in [3.63, 3.8) is 0 Å². The van der Waals surface area contributed by atoms with Crippen molar-refractivity contribution in [3.05, 3.63) is 53.5 Å². The van der Waals surface area contributed by atoms with Crippen LogP contribution in [0, 0.1) is 6.92 Å². The molecule has 1 unspecified atom stereocenters.